The van der Waals surface area contributed by atoms with Crippen LogP contribution in [0, 0.1) is 0 Å². The van der Waals surface area contributed by atoms with E-state index in [1.165, 1.54) is 0 Å². The molecule has 148 valence electrons. The van der Waals surface area contributed by atoms with Gasteiger partial charge in [0.1, 0.15) is 12.4 Å². The maximum atomic E-state index is 10.6. The normalized spacial score (nSPS) is 13.4. The summed E-state index contributed by atoms with van der Waals surface area (Å²) in [6.45, 7) is 4.26. The van der Waals surface area contributed by atoms with Gasteiger partial charge in [0.05, 0.1) is 18.8 Å². The lowest BCUT2D eigenvalue weighted by molar-refractivity contribution is 0.0486. The van der Waals surface area contributed by atoms with E-state index in [1.807, 2.05) is 25.1 Å². The number of aliphatic hydroxyl groups is 3. The minimum absolute atomic E-state index is 0.101. The SMILES string of the molecule is CCCCCC(C)(O)Cc1cccc(COc2ccc(CO)c(CO)c2)c1. The van der Waals surface area contributed by atoms with Gasteiger partial charge in [0.15, 0.2) is 0 Å². The van der Waals surface area contributed by atoms with Crippen LogP contribution in [0.4, 0.5) is 0 Å². The molecular weight excluding hydrogens is 340 g/mol. The highest BCUT2D eigenvalue weighted by Gasteiger charge is 2.20. The van der Waals surface area contributed by atoms with Crippen LogP contribution in [0.2, 0.25) is 0 Å². The molecule has 0 amide bonds. The molecule has 0 heterocycles. The van der Waals surface area contributed by atoms with E-state index >= 15 is 0 Å². The van der Waals surface area contributed by atoms with Gasteiger partial charge >= 0.3 is 0 Å². The molecule has 2 rings (SSSR count). The maximum absolute atomic E-state index is 10.6. The van der Waals surface area contributed by atoms with Gasteiger partial charge in [-0.1, -0.05) is 56.5 Å². The standard InChI is InChI=1S/C23H32O4/c1-3-4-5-11-23(2,26)14-18-7-6-8-19(12-18)17-27-22-10-9-20(15-24)21(13-22)16-25/h6-10,12-13,24-26H,3-5,11,14-17H2,1-2H3. The molecule has 0 aliphatic heterocycles. The first-order chi connectivity index (χ1) is 13.0. The number of unbranched alkanes of at least 4 members (excludes halogenated alkanes) is 2. The van der Waals surface area contributed by atoms with Gasteiger partial charge in [-0.15, -0.1) is 0 Å². The fraction of sp³-hybridized carbons (Fsp3) is 0.478. The molecule has 4 nitrogen and oxygen atoms in total. The van der Waals surface area contributed by atoms with Crippen molar-refractivity contribution < 1.29 is 20.1 Å². The molecule has 0 saturated heterocycles. The first kappa shape index (κ1) is 21.4. The molecule has 0 bridgehead atoms. The van der Waals surface area contributed by atoms with Gasteiger partial charge in [-0.2, -0.15) is 0 Å². The zero-order valence-corrected chi connectivity index (χ0v) is 16.4. The van der Waals surface area contributed by atoms with Gasteiger partial charge in [0.25, 0.3) is 0 Å². The fourth-order valence-corrected chi connectivity index (χ4v) is 3.27. The summed E-state index contributed by atoms with van der Waals surface area (Å²) in [5.41, 5.74) is 2.83. The van der Waals surface area contributed by atoms with Crippen molar-refractivity contribution in [1.82, 2.24) is 0 Å². The Morgan fingerprint density at radius 1 is 0.926 bits per heavy atom. The predicted molar refractivity (Wildman–Crippen MR) is 108 cm³/mol. The van der Waals surface area contributed by atoms with E-state index in [0.29, 0.717) is 29.9 Å². The van der Waals surface area contributed by atoms with E-state index in [4.69, 9.17) is 4.74 Å². The van der Waals surface area contributed by atoms with Crippen LogP contribution in [0.15, 0.2) is 42.5 Å². The average molecular weight is 373 g/mol. The second-order valence-electron chi connectivity index (χ2n) is 7.49. The van der Waals surface area contributed by atoms with Crippen molar-refractivity contribution in [2.45, 2.75) is 71.4 Å². The summed E-state index contributed by atoms with van der Waals surface area (Å²) in [4.78, 5) is 0. The molecule has 1 unspecified atom stereocenters. The zero-order chi connectivity index (χ0) is 19.7. The van der Waals surface area contributed by atoms with Crippen molar-refractivity contribution in [1.29, 1.82) is 0 Å². The molecule has 2 aromatic carbocycles. The van der Waals surface area contributed by atoms with Gasteiger partial charge in [-0.25, -0.2) is 0 Å². The summed E-state index contributed by atoms with van der Waals surface area (Å²) in [6, 6.07) is 13.4. The third-order valence-electron chi connectivity index (χ3n) is 4.82. The average Bonchev–Trinajstić information content (AvgIpc) is 2.66. The van der Waals surface area contributed by atoms with E-state index in [2.05, 4.69) is 13.0 Å². The van der Waals surface area contributed by atoms with Crippen LogP contribution in [-0.4, -0.2) is 20.9 Å². The number of hydrogen-bond donors (Lipinski definition) is 3. The van der Waals surface area contributed by atoms with Crippen molar-refractivity contribution in [3.05, 3.63) is 64.7 Å². The number of ether oxygens (including phenoxy) is 1. The van der Waals surface area contributed by atoms with Gasteiger partial charge < -0.3 is 20.1 Å². The molecular formula is C23H32O4. The molecule has 0 spiro atoms. The minimum Gasteiger partial charge on any atom is -0.489 e. The summed E-state index contributed by atoms with van der Waals surface area (Å²) in [5.74, 6) is 0.660. The molecule has 2 aromatic rings. The van der Waals surface area contributed by atoms with Crippen LogP contribution in [0.3, 0.4) is 0 Å². The zero-order valence-electron chi connectivity index (χ0n) is 16.4. The first-order valence-electron chi connectivity index (χ1n) is 9.74. The Labute approximate surface area is 162 Å². The lowest BCUT2D eigenvalue weighted by Crippen LogP contribution is -2.27. The molecule has 0 aliphatic carbocycles. The van der Waals surface area contributed by atoms with Crippen molar-refractivity contribution in [3.63, 3.8) is 0 Å². The van der Waals surface area contributed by atoms with Crippen LogP contribution >= 0.6 is 0 Å². The van der Waals surface area contributed by atoms with E-state index in [-0.39, 0.29) is 13.2 Å². The molecule has 1 atom stereocenters. The van der Waals surface area contributed by atoms with Crippen molar-refractivity contribution in [3.8, 4) is 5.75 Å². The van der Waals surface area contributed by atoms with E-state index < -0.39 is 5.60 Å². The Hall–Kier alpha value is -1.88. The van der Waals surface area contributed by atoms with Gasteiger partial charge in [-0.3, -0.25) is 0 Å². The molecule has 27 heavy (non-hydrogen) atoms. The lowest BCUT2D eigenvalue weighted by atomic mass is 9.90. The van der Waals surface area contributed by atoms with Crippen LogP contribution in [-0.2, 0) is 26.2 Å². The fourth-order valence-electron chi connectivity index (χ4n) is 3.27. The highest BCUT2D eigenvalue weighted by Crippen LogP contribution is 2.22. The summed E-state index contributed by atoms with van der Waals surface area (Å²) < 4.78 is 5.84. The molecule has 0 radical (unpaired) electrons. The van der Waals surface area contributed by atoms with Crippen LogP contribution < -0.4 is 4.74 Å². The summed E-state index contributed by atoms with van der Waals surface area (Å²) in [6.07, 6.45) is 4.78. The summed E-state index contributed by atoms with van der Waals surface area (Å²) in [7, 11) is 0. The van der Waals surface area contributed by atoms with Crippen LogP contribution in [0.25, 0.3) is 0 Å². The molecule has 0 saturated carbocycles. The summed E-state index contributed by atoms with van der Waals surface area (Å²) in [5, 5.41) is 29.3. The minimum atomic E-state index is -0.690. The third-order valence-corrected chi connectivity index (χ3v) is 4.82. The largest absolute Gasteiger partial charge is 0.489 e. The van der Waals surface area contributed by atoms with Crippen molar-refractivity contribution in [2.24, 2.45) is 0 Å². The Balaban J connectivity index is 1.97. The highest BCUT2D eigenvalue weighted by molar-refractivity contribution is 5.35. The topological polar surface area (TPSA) is 69.9 Å². The van der Waals surface area contributed by atoms with E-state index in [9.17, 15) is 15.3 Å². The molecule has 3 N–H and O–H groups in total. The monoisotopic (exact) mass is 372 g/mol. The van der Waals surface area contributed by atoms with Crippen molar-refractivity contribution >= 4 is 0 Å². The number of rotatable bonds is 11. The van der Waals surface area contributed by atoms with Crippen LogP contribution in [0.5, 0.6) is 5.75 Å². The van der Waals surface area contributed by atoms with E-state index in [0.717, 1.165) is 36.8 Å². The smallest absolute Gasteiger partial charge is 0.120 e. The van der Waals surface area contributed by atoms with Gasteiger partial charge in [0, 0.05) is 6.42 Å². The molecule has 0 aromatic heterocycles. The first-order valence-corrected chi connectivity index (χ1v) is 9.74. The Kier molecular flexibility index (Phi) is 8.29. The van der Waals surface area contributed by atoms with E-state index in [1.54, 1.807) is 18.2 Å². The Morgan fingerprint density at radius 3 is 2.37 bits per heavy atom. The van der Waals surface area contributed by atoms with Crippen LogP contribution in [0.1, 0.15) is 61.8 Å². The van der Waals surface area contributed by atoms with Gasteiger partial charge in [0.2, 0.25) is 0 Å². The van der Waals surface area contributed by atoms with Crippen molar-refractivity contribution in [2.75, 3.05) is 0 Å². The molecule has 0 aliphatic rings. The highest BCUT2D eigenvalue weighted by atomic mass is 16.5. The van der Waals surface area contributed by atoms with Gasteiger partial charge in [-0.05, 0) is 47.7 Å². The second-order valence-corrected chi connectivity index (χ2v) is 7.49. The Bertz CT molecular complexity index is 709. The second kappa shape index (κ2) is 10.5. The Morgan fingerprint density at radius 2 is 1.67 bits per heavy atom. The lowest BCUT2D eigenvalue weighted by Gasteiger charge is -2.23. The predicted octanol–water partition coefficient (Wildman–Crippen LogP) is 4.12. The summed E-state index contributed by atoms with van der Waals surface area (Å²) >= 11 is 0. The quantitative estimate of drug-likeness (QED) is 0.519. The maximum Gasteiger partial charge on any atom is 0.120 e. The molecule has 4 heteroatoms. The molecule has 0 fully saturated rings. The third kappa shape index (κ3) is 6.98. The number of aliphatic hydroxyl groups excluding tert-OH is 2. The number of hydrogen-bond acceptors (Lipinski definition) is 4. The number of benzene rings is 2.